The standard InChI is InChI=1S/C17H20INO/c1-3-19-11-15-10-13(2)4-9-17(15)20-12-14-5-7-16(18)8-6-14/h4-10,19H,3,11-12H2,1-2H3. The fourth-order valence-electron chi connectivity index (χ4n) is 1.99. The van der Waals surface area contributed by atoms with Crippen LogP contribution in [0.2, 0.25) is 0 Å². The Morgan fingerprint density at radius 3 is 2.55 bits per heavy atom. The summed E-state index contributed by atoms with van der Waals surface area (Å²) in [5.74, 6) is 0.968. The first-order valence-electron chi connectivity index (χ1n) is 6.86. The number of benzene rings is 2. The van der Waals surface area contributed by atoms with E-state index < -0.39 is 0 Å². The summed E-state index contributed by atoms with van der Waals surface area (Å²) in [5.41, 5.74) is 3.68. The molecule has 2 aromatic rings. The van der Waals surface area contributed by atoms with Gasteiger partial charge < -0.3 is 10.1 Å². The molecule has 0 spiro atoms. The smallest absolute Gasteiger partial charge is 0.124 e. The summed E-state index contributed by atoms with van der Waals surface area (Å²) in [4.78, 5) is 0. The fraction of sp³-hybridized carbons (Fsp3) is 0.294. The van der Waals surface area contributed by atoms with Gasteiger partial charge in [0.05, 0.1) is 0 Å². The Labute approximate surface area is 134 Å². The predicted octanol–water partition coefficient (Wildman–Crippen LogP) is 4.29. The molecule has 0 aliphatic heterocycles. The molecule has 0 fully saturated rings. The van der Waals surface area contributed by atoms with Crippen LogP contribution in [-0.2, 0) is 13.2 Å². The molecule has 2 nitrogen and oxygen atoms in total. The summed E-state index contributed by atoms with van der Waals surface area (Å²) in [6.07, 6.45) is 0. The molecule has 0 amide bonds. The van der Waals surface area contributed by atoms with E-state index >= 15 is 0 Å². The van der Waals surface area contributed by atoms with Gasteiger partial charge in [-0.1, -0.05) is 36.8 Å². The summed E-state index contributed by atoms with van der Waals surface area (Å²) < 4.78 is 7.22. The Balaban J connectivity index is 2.06. The van der Waals surface area contributed by atoms with Crippen LogP contribution in [0.4, 0.5) is 0 Å². The first-order valence-corrected chi connectivity index (χ1v) is 7.94. The zero-order valence-corrected chi connectivity index (χ0v) is 14.1. The van der Waals surface area contributed by atoms with Crippen molar-refractivity contribution in [2.24, 2.45) is 0 Å². The maximum Gasteiger partial charge on any atom is 0.124 e. The third-order valence-electron chi connectivity index (χ3n) is 3.09. The largest absolute Gasteiger partial charge is 0.489 e. The second-order valence-corrected chi connectivity index (χ2v) is 6.05. The highest BCUT2D eigenvalue weighted by Gasteiger charge is 2.04. The van der Waals surface area contributed by atoms with Crippen LogP contribution >= 0.6 is 22.6 Å². The lowest BCUT2D eigenvalue weighted by Crippen LogP contribution is -2.13. The molecule has 0 aliphatic carbocycles. The lowest BCUT2D eigenvalue weighted by molar-refractivity contribution is 0.302. The number of rotatable bonds is 6. The molecule has 106 valence electrons. The van der Waals surface area contributed by atoms with Crippen molar-refractivity contribution in [1.29, 1.82) is 0 Å². The van der Waals surface area contributed by atoms with Gasteiger partial charge in [-0.3, -0.25) is 0 Å². The van der Waals surface area contributed by atoms with E-state index in [0.29, 0.717) is 6.61 Å². The molecule has 2 rings (SSSR count). The molecular weight excluding hydrogens is 361 g/mol. The van der Waals surface area contributed by atoms with Crippen molar-refractivity contribution < 1.29 is 4.74 Å². The van der Waals surface area contributed by atoms with Crippen LogP contribution in [0.3, 0.4) is 0 Å². The van der Waals surface area contributed by atoms with Crippen LogP contribution in [0.15, 0.2) is 42.5 Å². The molecule has 0 saturated heterocycles. The molecular formula is C17H20INO. The van der Waals surface area contributed by atoms with Gasteiger partial charge in [0.2, 0.25) is 0 Å². The minimum Gasteiger partial charge on any atom is -0.489 e. The Morgan fingerprint density at radius 2 is 1.85 bits per heavy atom. The van der Waals surface area contributed by atoms with Gasteiger partial charge in [0.1, 0.15) is 12.4 Å². The average Bonchev–Trinajstić information content (AvgIpc) is 2.46. The van der Waals surface area contributed by atoms with Crippen molar-refractivity contribution in [3.8, 4) is 5.75 Å². The highest BCUT2D eigenvalue weighted by molar-refractivity contribution is 14.1. The predicted molar refractivity (Wildman–Crippen MR) is 92.1 cm³/mol. The van der Waals surface area contributed by atoms with Crippen molar-refractivity contribution in [2.45, 2.75) is 27.0 Å². The molecule has 3 heteroatoms. The van der Waals surface area contributed by atoms with E-state index in [4.69, 9.17) is 4.74 Å². The molecule has 2 aromatic carbocycles. The lowest BCUT2D eigenvalue weighted by Gasteiger charge is -2.13. The van der Waals surface area contributed by atoms with E-state index in [-0.39, 0.29) is 0 Å². The van der Waals surface area contributed by atoms with Crippen LogP contribution in [-0.4, -0.2) is 6.54 Å². The minimum absolute atomic E-state index is 0.610. The normalized spacial score (nSPS) is 10.6. The van der Waals surface area contributed by atoms with Gasteiger partial charge in [-0.25, -0.2) is 0 Å². The van der Waals surface area contributed by atoms with Gasteiger partial charge in [-0.05, 0) is 59.8 Å². The van der Waals surface area contributed by atoms with E-state index in [1.807, 2.05) is 0 Å². The zero-order chi connectivity index (χ0) is 14.4. The van der Waals surface area contributed by atoms with Crippen molar-refractivity contribution >= 4 is 22.6 Å². The first-order chi connectivity index (χ1) is 9.69. The second kappa shape index (κ2) is 7.64. The van der Waals surface area contributed by atoms with Gasteiger partial charge in [-0.15, -0.1) is 0 Å². The number of hydrogen-bond acceptors (Lipinski definition) is 2. The molecule has 20 heavy (non-hydrogen) atoms. The van der Waals surface area contributed by atoms with Gasteiger partial charge in [0.15, 0.2) is 0 Å². The number of aryl methyl sites for hydroxylation is 1. The topological polar surface area (TPSA) is 21.3 Å². The molecule has 0 heterocycles. The highest BCUT2D eigenvalue weighted by atomic mass is 127. The minimum atomic E-state index is 0.610. The summed E-state index contributed by atoms with van der Waals surface area (Å²) in [7, 11) is 0. The molecule has 0 atom stereocenters. The van der Waals surface area contributed by atoms with Crippen LogP contribution < -0.4 is 10.1 Å². The van der Waals surface area contributed by atoms with Crippen LogP contribution in [0.1, 0.15) is 23.6 Å². The number of ether oxygens (including phenoxy) is 1. The quantitative estimate of drug-likeness (QED) is 0.754. The van der Waals surface area contributed by atoms with Crippen molar-refractivity contribution in [1.82, 2.24) is 5.32 Å². The lowest BCUT2D eigenvalue weighted by atomic mass is 10.1. The van der Waals surface area contributed by atoms with E-state index in [2.05, 4.69) is 84.2 Å². The third kappa shape index (κ3) is 4.49. The van der Waals surface area contributed by atoms with Crippen molar-refractivity contribution in [3.63, 3.8) is 0 Å². The maximum atomic E-state index is 5.97. The first kappa shape index (κ1) is 15.3. The van der Waals surface area contributed by atoms with Gasteiger partial charge >= 0.3 is 0 Å². The van der Waals surface area contributed by atoms with Crippen molar-refractivity contribution in [2.75, 3.05) is 6.54 Å². The van der Waals surface area contributed by atoms with Crippen molar-refractivity contribution in [3.05, 3.63) is 62.7 Å². The summed E-state index contributed by atoms with van der Waals surface area (Å²) >= 11 is 2.31. The summed E-state index contributed by atoms with van der Waals surface area (Å²) in [5, 5.41) is 3.36. The zero-order valence-electron chi connectivity index (χ0n) is 11.9. The Hall–Kier alpha value is -1.07. The average molecular weight is 381 g/mol. The second-order valence-electron chi connectivity index (χ2n) is 4.81. The third-order valence-corrected chi connectivity index (χ3v) is 3.81. The molecule has 0 bridgehead atoms. The number of nitrogens with one attached hydrogen (secondary N) is 1. The van der Waals surface area contributed by atoms with Gasteiger partial charge in [-0.2, -0.15) is 0 Å². The van der Waals surface area contributed by atoms with E-state index in [1.54, 1.807) is 0 Å². The van der Waals surface area contributed by atoms with Crippen LogP contribution in [0.25, 0.3) is 0 Å². The van der Waals surface area contributed by atoms with Gasteiger partial charge in [0.25, 0.3) is 0 Å². The number of halogens is 1. The van der Waals surface area contributed by atoms with E-state index in [1.165, 1.54) is 20.3 Å². The monoisotopic (exact) mass is 381 g/mol. The Morgan fingerprint density at radius 1 is 1.10 bits per heavy atom. The molecule has 0 radical (unpaired) electrons. The Bertz CT molecular complexity index is 551. The van der Waals surface area contributed by atoms with Crippen LogP contribution in [0.5, 0.6) is 5.75 Å². The van der Waals surface area contributed by atoms with E-state index in [0.717, 1.165) is 18.8 Å². The van der Waals surface area contributed by atoms with Gasteiger partial charge in [0, 0.05) is 15.7 Å². The highest BCUT2D eigenvalue weighted by Crippen LogP contribution is 2.21. The summed E-state index contributed by atoms with van der Waals surface area (Å²) in [6, 6.07) is 14.8. The van der Waals surface area contributed by atoms with Crippen LogP contribution in [0, 0.1) is 10.5 Å². The Kier molecular flexibility index (Phi) is 5.86. The summed E-state index contributed by atoms with van der Waals surface area (Å²) in [6.45, 7) is 6.64. The fourth-order valence-corrected chi connectivity index (χ4v) is 2.35. The van der Waals surface area contributed by atoms with E-state index in [9.17, 15) is 0 Å². The molecule has 0 aliphatic rings. The maximum absolute atomic E-state index is 5.97. The molecule has 0 saturated carbocycles. The molecule has 1 N–H and O–H groups in total. The SMILES string of the molecule is CCNCc1cc(C)ccc1OCc1ccc(I)cc1. The number of hydrogen-bond donors (Lipinski definition) is 1. The molecule has 0 aromatic heterocycles. The molecule has 0 unspecified atom stereocenters.